The van der Waals surface area contributed by atoms with Crippen LogP contribution in [0.3, 0.4) is 0 Å². The minimum atomic E-state index is -4.87. The topological polar surface area (TPSA) is 93.1 Å². The van der Waals surface area contributed by atoms with E-state index in [0.29, 0.717) is 17.5 Å². The Morgan fingerprint density at radius 3 is 2.16 bits per heavy atom. The van der Waals surface area contributed by atoms with Crippen molar-refractivity contribution in [2.75, 3.05) is 17.6 Å². The number of hydrogen-bond donors (Lipinski definition) is 1. The van der Waals surface area contributed by atoms with Gasteiger partial charge in [0.15, 0.2) is 0 Å². The fraction of sp³-hybridized carbons (Fsp3) is 0.296. The second-order valence-corrected chi connectivity index (χ2v) is 11.6. The lowest BCUT2D eigenvalue weighted by molar-refractivity contribution is -0.138. The number of halogens is 3. The molecule has 0 aliphatic heterocycles. The van der Waals surface area contributed by atoms with E-state index in [2.05, 4.69) is 0 Å². The quantitative estimate of drug-likeness (QED) is 0.362. The van der Waals surface area contributed by atoms with Crippen molar-refractivity contribution < 1.29 is 41.0 Å². The van der Waals surface area contributed by atoms with E-state index in [9.17, 15) is 31.5 Å². The van der Waals surface area contributed by atoms with Crippen molar-refractivity contribution in [2.24, 2.45) is 0 Å². The predicted molar refractivity (Wildman–Crippen MR) is 138 cm³/mol. The van der Waals surface area contributed by atoms with Crippen LogP contribution in [-0.2, 0) is 27.5 Å². The van der Waals surface area contributed by atoms with E-state index < -0.39 is 44.6 Å². The minimum absolute atomic E-state index is 0.0188. The van der Waals surface area contributed by atoms with Crippen LogP contribution in [0.2, 0.25) is 0 Å². The number of benzene rings is 3. The Kier molecular flexibility index (Phi) is 8.02. The Morgan fingerprint density at radius 1 is 0.974 bits per heavy atom. The first kappa shape index (κ1) is 28.8. The van der Waals surface area contributed by atoms with E-state index in [4.69, 9.17) is 9.47 Å². The number of alkyl halides is 3. The van der Waals surface area contributed by atoms with Crippen LogP contribution in [-0.4, -0.2) is 38.4 Å². The van der Waals surface area contributed by atoms with E-state index in [1.165, 1.54) is 7.05 Å². The number of ether oxygens (including phenoxy) is 2. The van der Waals surface area contributed by atoms with Gasteiger partial charge in [-0.25, -0.2) is 13.2 Å². The van der Waals surface area contributed by atoms with Crippen molar-refractivity contribution in [1.82, 2.24) is 0 Å². The summed E-state index contributed by atoms with van der Waals surface area (Å²) in [5, 5.41) is 10.3. The summed E-state index contributed by atoms with van der Waals surface area (Å²) in [6.07, 6.45) is -3.76. The SMILES string of the molecule is CN(c1cccc(-c2ccc(OCc3ccc(C(F)(F)F)c(O)c3C(=O)OC(C)(C)C)cc2)c1)S(C)(=O)=O. The number of anilines is 1. The largest absolute Gasteiger partial charge is 0.506 e. The predicted octanol–water partition coefficient (Wildman–Crippen LogP) is 6.01. The molecule has 204 valence electrons. The number of hydrogen-bond acceptors (Lipinski definition) is 6. The smallest absolute Gasteiger partial charge is 0.419 e. The molecule has 1 N–H and O–H groups in total. The molecule has 0 atom stereocenters. The molecule has 0 spiro atoms. The number of carbonyl (C=O) groups is 1. The highest BCUT2D eigenvalue weighted by Gasteiger charge is 2.37. The summed E-state index contributed by atoms with van der Waals surface area (Å²) in [7, 11) is -1.97. The van der Waals surface area contributed by atoms with Crippen molar-refractivity contribution in [2.45, 2.75) is 39.2 Å². The highest BCUT2D eigenvalue weighted by atomic mass is 32.2. The monoisotopic (exact) mass is 551 g/mol. The third kappa shape index (κ3) is 6.97. The van der Waals surface area contributed by atoms with Gasteiger partial charge in [0.05, 0.1) is 17.5 Å². The summed E-state index contributed by atoms with van der Waals surface area (Å²) in [5.41, 5.74) is -0.938. The highest BCUT2D eigenvalue weighted by molar-refractivity contribution is 7.92. The van der Waals surface area contributed by atoms with Crippen LogP contribution in [0.4, 0.5) is 18.9 Å². The van der Waals surface area contributed by atoms with E-state index in [1.54, 1.807) is 63.2 Å². The summed E-state index contributed by atoms with van der Waals surface area (Å²) < 4.78 is 75.8. The molecule has 11 heteroatoms. The van der Waals surface area contributed by atoms with Gasteiger partial charge >= 0.3 is 12.1 Å². The maximum atomic E-state index is 13.3. The number of aromatic hydroxyl groups is 1. The Morgan fingerprint density at radius 2 is 1.61 bits per heavy atom. The minimum Gasteiger partial charge on any atom is -0.506 e. The molecular weight excluding hydrogens is 523 g/mol. The van der Waals surface area contributed by atoms with Gasteiger partial charge in [0.2, 0.25) is 10.0 Å². The van der Waals surface area contributed by atoms with Crippen LogP contribution < -0.4 is 9.04 Å². The van der Waals surface area contributed by atoms with Gasteiger partial charge in [-0.1, -0.05) is 30.3 Å². The van der Waals surface area contributed by atoms with Gasteiger partial charge in [0, 0.05) is 12.6 Å². The van der Waals surface area contributed by atoms with Gasteiger partial charge in [0.1, 0.15) is 29.3 Å². The molecular formula is C27H28F3NO6S. The molecule has 0 unspecified atom stereocenters. The number of phenolic OH excluding ortho intramolecular Hbond substituents is 1. The van der Waals surface area contributed by atoms with Crippen LogP contribution >= 0.6 is 0 Å². The third-order valence-electron chi connectivity index (χ3n) is 5.46. The van der Waals surface area contributed by atoms with Crippen molar-refractivity contribution in [1.29, 1.82) is 0 Å². The zero-order chi connectivity index (χ0) is 28.5. The van der Waals surface area contributed by atoms with Crippen LogP contribution in [0.1, 0.15) is 42.3 Å². The van der Waals surface area contributed by atoms with Gasteiger partial charge in [-0.05, 0) is 62.2 Å². The third-order valence-corrected chi connectivity index (χ3v) is 6.67. The zero-order valence-corrected chi connectivity index (χ0v) is 22.3. The Balaban J connectivity index is 1.85. The molecule has 0 aliphatic rings. The van der Waals surface area contributed by atoms with Gasteiger partial charge in [-0.15, -0.1) is 0 Å². The molecule has 3 aromatic carbocycles. The molecule has 0 saturated heterocycles. The lowest BCUT2D eigenvalue weighted by Gasteiger charge is -2.22. The first-order valence-electron chi connectivity index (χ1n) is 11.4. The Hall–Kier alpha value is -3.73. The molecule has 0 aliphatic carbocycles. The highest BCUT2D eigenvalue weighted by Crippen LogP contribution is 2.39. The number of sulfonamides is 1. The summed E-state index contributed by atoms with van der Waals surface area (Å²) in [4.78, 5) is 12.7. The van der Waals surface area contributed by atoms with Crippen molar-refractivity contribution in [3.63, 3.8) is 0 Å². The second-order valence-electron chi connectivity index (χ2n) is 9.59. The van der Waals surface area contributed by atoms with Crippen LogP contribution in [0.5, 0.6) is 11.5 Å². The summed E-state index contributed by atoms with van der Waals surface area (Å²) in [5.74, 6) is -1.97. The zero-order valence-electron chi connectivity index (χ0n) is 21.5. The molecule has 0 radical (unpaired) electrons. The molecule has 0 amide bonds. The second kappa shape index (κ2) is 10.6. The Bertz CT molecular complexity index is 1430. The van der Waals surface area contributed by atoms with Crippen molar-refractivity contribution in [3.8, 4) is 22.6 Å². The lowest BCUT2D eigenvalue weighted by atomic mass is 10.0. The van der Waals surface area contributed by atoms with Crippen molar-refractivity contribution in [3.05, 3.63) is 77.4 Å². The maximum Gasteiger partial charge on any atom is 0.419 e. The standard InChI is InChI=1S/C27H28F3NO6S/c1-26(2,3)37-25(33)23-19(11-14-22(24(23)32)27(28,29)30)16-36-21-12-9-17(10-13-21)18-7-6-8-20(15-18)31(4)38(5,34)35/h6-15,32H,16H2,1-5H3. The average Bonchev–Trinajstić information content (AvgIpc) is 2.80. The van der Waals surface area contributed by atoms with Crippen LogP contribution in [0.25, 0.3) is 11.1 Å². The summed E-state index contributed by atoms with van der Waals surface area (Å²) in [6, 6.07) is 15.4. The summed E-state index contributed by atoms with van der Waals surface area (Å²) >= 11 is 0. The molecule has 3 rings (SSSR count). The molecule has 0 aromatic heterocycles. The number of carbonyl (C=O) groups excluding carboxylic acids is 1. The molecule has 3 aromatic rings. The van der Waals surface area contributed by atoms with Crippen LogP contribution in [0.15, 0.2) is 60.7 Å². The maximum absolute atomic E-state index is 13.3. The number of phenols is 1. The summed E-state index contributed by atoms with van der Waals surface area (Å²) in [6.45, 7) is 4.36. The van der Waals surface area contributed by atoms with E-state index in [1.807, 2.05) is 6.07 Å². The number of esters is 1. The molecule has 0 bridgehead atoms. The van der Waals surface area contributed by atoms with Crippen LogP contribution in [0, 0.1) is 0 Å². The Labute approximate surface area is 219 Å². The van der Waals surface area contributed by atoms with Gasteiger partial charge < -0.3 is 14.6 Å². The molecule has 38 heavy (non-hydrogen) atoms. The fourth-order valence-corrected chi connectivity index (χ4v) is 4.01. The lowest BCUT2D eigenvalue weighted by Crippen LogP contribution is -2.25. The van der Waals surface area contributed by atoms with E-state index in [0.717, 1.165) is 27.8 Å². The average molecular weight is 552 g/mol. The molecule has 0 fully saturated rings. The molecule has 0 saturated carbocycles. The number of rotatable bonds is 7. The molecule has 0 heterocycles. The van der Waals surface area contributed by atoms with E-state index in [-0.39, 0.29) is 12.2 Å². The fourth-order valence-electron chi connectivity index (χ4n) is 3.52. The number of nitrogens with zero attached hydrogens (tertiary/aromatic N) is 1. The molecule has 7 nitrogen and oxygen atoms in total. The van der Waals surface area contributed by atoms with Crippen molar-refractivity contribution >= 4 is 21.7 Å². The van der Waals surface area contributed by atoms with Gasteiger partial charge in [-0.3, -0.25) is 4.31 Å². The first-order valence-corrected chi connectivity index (χ1v) is 13.2. The first-order chi connectivity index (χ1) is 17.5. The van der Waals surface area contributed by atoms with E-state index >= 15 is 0 Å². The van der Waals surface area contributed by atoms with Gasteiger partial charge in [-0.2, -0.15) is 13.2 Å². The van der Waals surface area contributed by atoms with Gasteiger partial charge in [0.25, 0.3) is 0 Å². The normalized spacial score (nSPS) is 12.2.